The number of nitrogens with two attached hydrogens (primary N) is 1. The lowest BCUT2D eigenvalue weighted by Crippen LogP contribution is -2.49. The Morgan fingerprint density at radius 3 is 2.50 bits per heavy atom. The lowest BCUT2D eigenvalue weighted by Gasteiger charge is -2.37. The Balaban J connectivity index is 1.88. The van der Waals surface area contributed by atoms with Crippen LogP contribution in [0.25, 0.3) is 0 Å². The largest absolute Gasteiger partial charge is 0.352 e. The monoisotopic (exact) mass is 275 g/mol. The molecule has 110 valence electrons. The van der Waals surface area contributed by atoms with Crippen LogP contribution in [0.3, 0.4) is 0 Å². The Hall–Kier alpha value is -1.39. The second-order valence-electron chi connectivity index (χ2n) is 6.18. The van der Waals surface area contributed by atoms with Crippen molar-refractivity contribution in [1.29, 1.82) is 0 Å². The van der Waals surface area contributed by atoms with Crippen molar-refractivity contribution in [3.05, 3.63) is 35.4 Å². The molecule has 1 aromatic carbocycles. The highest BCUT2D eigenvalue weighted by Crippen LogP contribution is 2.31. The van der Waals surface area contributed by atoms with Gasteiger partial charge in [0.25, 0.3) is 0 Å². The first-order valence-electron chi connectivity index (χ1n) is 7.26. The molecular formula is C16H25N3O. The third-order valence-electron chi connectivity index (χ3n) is 3.94. The van der Waals surface area contributed by atoms with Gasteiger partial charge >= 0.3 is 0 Å². The van der Waals surface area contributed by atoms with Gasteiger partial charge in [-0.1, -0.05) is 24.3 Å². The number of carbonyl (C=O) groups is 1. The molecule has 0 bridgehead atoms. The van der Waals surface area contributed by atoms with Gasteiger partial charge in [0, 0.05) is 25.0 Å². The molecule has 20 heavy (non-hydrogen) atoms. The fourth-order valence-corrected chi connectivity index (χ4v) is 2.61. The molecule has 0 unspecified atom stereocenters. The molecule has 1 aromatic rings. The number of rotatable bonds is 6. The lowest BCUT2D eigenvalue weighted by molar-refractivity contribution is -0.123. The molecule has 3 N–H and O–H groups in total. The Morgan fingerprint density at radius 1 is 1.30 bits per heavy atom. The molecule has 1 saturated carbocycles. The van der Waals surface area contributed by atoms with Crippen molar-refractivity contribution in [1.82, 2.24) is 10.2 Å². The second kappa shape index (κ2) is 6.37. The maximum absolute atomic E-state index is 12.0. The summed E-state index contributed by atoms with van der Waals surface area (Å²) in [6.45, 7) is 1.46. The van der Waals surface area contributed by atoms with E-state index in [1.165, 1.54) is 11.1 Å². The maximum Gasteiger partial charge on any atom is 0.222 e. The fourth-order valence-electron chi connectivity index (χ4n) is 2.61. The van der Waals surface area contributed by atoms with E-state index in [0.717, 1.165) is 25.8 Å². The van der Waals surface area contributed by atoms with Crippen LogP contribution in [0, 0.1) is 0 Å². The van der Waals surface area contributed by atoms with E-state index in [4.69, 9.17) is 5.73 Å². The van der Waals surface area contributed by atoms with E-state index >= 15 is 0 Å². The third kappa shape index (κ3) is 4.05. The molecule has 0 aromatic heterocycles. The van der Waals surface area contributed by atoms with Crippen LogP contribution in [-0.2, 0) is 17.9 Å². The van der Waals surface area contributed by atoms with E-state index in [1.54, 1.807) is 0 Å². The van der Waals surface area contributed by atoms with E-state index < -0.39 is 0 Å². The van der Waals surface area contributed by atoms with Crippen LogP contribution < -0.4 is 11.1 Å². The van der Waals surface area contributed by atoms with Gasteiger partial charge in [0.15, 0.2) is 0 Å². The topological polar surface area (TPSA) is 58.4 Å². The van der Waals surface area contributed by atoms with Crippen molar-refractivity contribution < 1.29 is 4.79 Å². The molecule has 1 amide bonds. The summed E-state index contributed by atoms with van der Waals surface area (Å²) in [4.78, 5) is 14.1. The van der Waals surface area contributed by atoms with Crippen LogP contribution >= 0.6 is 0 Å². The van der Waals surface area contributed by atoms with Gasteiger partial charge in [-0.15, -0.1) is 0 Å². The van der Waals surface area contributed by atoms with Gasteiger partial charge < -0.3 is 16.0 Å². The molecule has 0 heterocycles. The van der Waals surface area contributed by atoms with Crippen molar-refractivity contribution in [2.24, 2.45) is 5.73 Å². The Morgan fingerprint density at radius 2 is 1.95 bits per heavy atom. The minimum Gasteiger partial charge on any atom is -0.352 e. The number of hydrogen-bond donors (Lipinski definition) is 2. The average molecular weight is 275 g/mol. The van der Waals surface area contributed by atoms with Crippen molar-refractivity contribution >= 4 is 5.91 Å². The van der Waals surface area contributed by atoms with Crippen LogP contribution in [0.2, 0.25) is 0 Å². The third-order valence-corrected chi connectivity index (χ3v) is 3.94. The van der Waals surface area contributed by atoms with Crippen molar-refractivity contribution in [2.45, 2.75) is 44.3 Å². The quantitative estimate of drug-likeness (QED) is 0.829. The highest BCUT2D eigenvalue weighted by atomic mass is 16.1. The Bertz CT molecular complexity index is 467. The zero-order valence-electron chi connectivity index (χ0n) is 12.5. The molecule has 0 radical (unpaired) electrons. The van der Waals surface area contributed by atoms with Gasteiger partial charge in [0.1, 0.15) is 0 Å². The molecule has 0 atom stereocenters. The number of benzene rings is 1. The van der Waals surface area contributed by atoms with E-state index in [0.29, 0.717) is 13.0 Å². The number of nitrogens with zero attached hydrogens (tertiary/aromatic N) is 1. The smallest absolute Gasteiger partial charge is 0.222 e. The minimum absolute atomic E-state index is 0.0619. The summed E-state index contributed by atoms with van der Waals surface area (Å²) in [7, 11) is 4.09. The fraction of sp³-hybridized carbons (Fsp3) is 0.562. The normalized spacial score (nSPS) is 16.8. The number of hydrogen-bond acceptors (Lipinski definition) is 3. The molecule has 1 aliphatic rings. The van der Waals surface area contributed by atoms with E-state index in [-0.39, 0.29) is 11.4 Å². The van der Waals surface area contributed by atoms with E-state index in [9.17, 15) is 4.79 Å². The first-order chi connectivity index (χ1) is 9.48. The summed E-state index contributed by atoms with van der Waals surface area (Å²) in [5.41, 5.74) is 8.29. The van der Waals surface area contributed by atoms with Crippen molar-refractivity contribution in [2.75, 3.05) is 14.1 Å². The highest BCUT2D eigenvalue weighted by Gasteiger charge is 2.34. The summed E-state index contributed by atoms with van der Waals surface area (Å²) in [6.07, 6.45) is 3.54. The van der Waals surface area contributed by atoms with Gasteiger partial charge in [0.05, 0.1) is 0 Å². The Labute approximate surface area is 121 Å². The predicted molar refractivity (Wildman–Crippen MR) is 81.1 cm³/mol. The number of carbonyl (C=O) groups excluding carboxylic acids is 1. The molecule has 0 aliphatic heterocycles. The summed E-state index contributed by atoms with van der Waals surface area (Å²) >= 11 is 0. The number of amides is 1. The minimum atomic E-state index is -0.243. The molecule has 1 fully saturated rings. The first kappa shape index (κ1) is 15.0. The standard InChI is InChI=1S/C16H25N3O/c1-19(2)12-14-7-4-3-6-13(14)11-18-15(20)10-16(17)8-5-9-16/h3-4,6-7H,5,8-12,17H2,1-2H3,(H,18,20). The highest BCUT2D eigenvalue weighted by molar-refractivity contribution is 5.77. The average Bonchev–Trinajstić information content (AvgIpc) is 2.35. The Kier molecular flexibility index (Phi) is 4.78. The lowest BCUT2D eigenvalue weighted by atomic mass is 9.75. The second-order valence-corrected chi connectivity index (χ2v) is 6.18. The SMILES string of the molecule is CN(C)Cc1ccccc1CNC(=O)CC1(N)CCC1. The van der Waals surface area contributed by atoms with Gasteiger partial charge in [-0.3, -0.25) is 4.79 Å². The molecular weight excluding hydrogens is 250 g/mol. The molecule has 4 heteroatoms. The molecule has 0 spiro atoms. The van der Waals surface area contributed by atoms with Gasteiger partial charge in [-0.2, -0.15) is 0 Å². The maximum atomic E-state index is 12.0. The van der Waals surface area contributed by atoms with Crippen LogP contribution in [-0.4, -0.2) is 30.4 Å². The van der Waals surface area contributed by atoms with Crippen molar-refractivity contribution in [3.63, 3.8) is 0 Å². The van der Waals surface area contributed by atoms with E-state index in [1.807, 2.05) is 26.2 Å². The van der Waals surface area contributed by atoms with Gasteiger partial charge in [0.2, 0.25) is 5.91 Å². The van der Waals surface area contributed by atoms with Gasteiger partial charge in [-0.25, -0.2) is 0 Å². The van der Waals surface area contributed by atoms with Gasteiger partial charge in [-0.05, 0) is 44.5 Å². The van der Waals surface area contributed by atoms with Crippen LogP contribution in [0.1, 0.15) is 36.8 Å². The predicted octanol–water partition coefficient (Wildman–Crippen LogP) is 1.64. The van der Waals surface area contributed by atoms with Crippen LogP contribution in [0.5, 0.6) is 0 Å². The van der Waals surface area contributed by atoms with Crippen molar-refractivity contribution in [3.8, 4) is 0 Å². The summed E-state index contributed by atoms with van der Waals surface area (Å²) < 4.78 is 0. The summed E-state index contributed by atoms with van der Waals surface area (Å²) in [6, 6.07) is 8.23. The summed E-state index contributed by atoms with van der Waals surface area (Å²) in [5.74, 6) is 0.0619. The zero-order chi connectivity index (χ0) is 14.6. The van der Waals surface area contributed by atoms with Crippen LogP contribution in [0.4, 0.5) is 0 Å². The molecule has 0 saturated heterocycles. The summed E-state index contributed by atoms with van der Waals surface area (Å²) in [5, 5.41) is 3.00. The molecule has 2 rings (SSSR count). The first-order valence-corrected chi connectivity index (χ1v) is 7.26. The molecule has 4 nitrogen and oxygen atoms in total. The zero-order valence-corrected chi connectivity index (χ0v) is 12.5. The number of nitrogens with one attached hydrogen (secondary N) is 1. The van der Waals surface area contributed by atoms with Crippen LogP contribution in [0.15, 0.2) is 24.3 Å². The van der Waals surface area contributed by atoms with E-state index in [2.05, 4.69) is 22.3 Å². The molecule has 1 aliphatic carbocycles.